The van der Waals surface area contributed by atoms with Gasteiger partial charge in [-0.05, 0) is 36.8 Å². The van der Waals surface area contributed by atoms with Crippen molar-refractivity contribution in [2.45, 2.75) is 13.3 Å². The Bertz CT molecular complexity index is 1270. The van der Waals surface area contributed by atoms with Gasteiger partial charge in [-0.25, -0.2) is 19.2 Å². The first-order valence-electron chi connectivity index (χ1n) is 9.91. The number of benzene rings is 2. The second-order valence-electron chi connectivity index (χ2n) is 7.20. The minimum absolute atomic E-state index is 0.127. The number of halogens is 1. The van der Waals surface area contributed by atoms with Gasteiger partial charge in [0.15, 0.2) is 5.82 Å². The molecule has 0 spiro atoms. The predicted octanol–water partition coefficient (Wildman–Crippen LogP) is 5.31. The van der Waals surface area contributed by atoms with Crippen molar-refractivity contribution in [3.8, 4) is 11.3 Å². The number of carbonyl (C=O) groups is 1. The summed E-state index contributed by atoms with van der Waals surface area (Å²) in [6, 6.07) is 17.7. The van der Waals surface area contributed by atoms with Crippen molar-refractivity contribution < 1.29 is 18.7 Å². The third-order valence-electron chi connectivity index (χ3n) is 4.77. The molecule has 0 saturated carbocycles. The zero-order valence-corrected chi connectivity index (χ0v) is 17.2. The highest BCUT2D eigenvalue weighted by Gasteiger charge is 2.16. The first kappa shape index (κ1) is 21.0. The summed E-state index contributed by atoms with van der Waals surface area (Å²) in [6.07, 6.45) is 4.63. The summed E-state index contributed by atoms with van der Waals surface area (Å²) in [5.74, 6) is -0.931. The number of furan rings is 1. The molecule has 7 heteroatoms. The van der Waals surface area contributed by atoms with E-state index in [9.17, 15) is 14.3 Å². The Kier molecular flexibility index (Phi) is 6.07. The summed E-state index contributed by atoms with van der Waals surface area (Å²) in [5, 5.41) is 12.5. The third kappa shape index (κ3) is 4.89. The third-order valence-corrected chi connectivity index (χ3v) is 4.77. The lowest BCUT2D eigenvalue weighted by molar-refractivity contribution is -0.132. The molecule has 4 aromatic rings. The van der Waals surface area contributed by atoms with Gasteiger partial charge in [0, 0.05) is 18.1 Å². The molecule has 2 aromatic heterocycles. The van der Waals surface area contributed by atoms with Crippen LogP contribution in [-0.4, -0.2) is 21.0 Å². The summed E-state index contributed by atoms with van der Waals surface area (Å²) >= 11 is 0. The number of hydrogen-bond donors (Lipinski definition) is 2. The second kappa shape index (κ2) is 9.26. The molecular weight excluding hydrogens is 409 g/mol. The van der Waals surface area contributed by atoms with Gasteiger partial charge in [0.1, 0.15) is 17.3 Å². The fourth-order valence-corrected chi connectivity index (χ4v) is 3.20. The van der Waals surface area contributed by atoms with Crippen molar-refractivity contribution in [2.75, 3.05) is 5.32 Å². The molecule has 0 atom stereocenters. The number of nitrogens with one attached hydrogen (secondary N) is 1. The normalized spacial score (nSPS) is 11.4. The number of aromatic nitrogens is 2. The van der Waals surface area contributed by atoms with Crippen molar-refractivity contribution in [1.82, 2.24) is 9.97 Å². The highest BCUT2D eigenvalue weighted by Crippen LogP contribution is 2.26. The molecule has 0 saturated heterocycles. The van der Waals surface area contributed by atoms with E-state index in [1.807, 2.05) is 37.3 Å². The standard InChI is InChI=1S/C25H20FN3O3/c1-16-9-10-20(26)19(12-16)23-15-27-24(21(28-23)13-17-6-3-2-4-7-17)29-22(25(30)31)14-18-8-5-11-32-18/h2-12,14-15H,13H2,1H3,(H,27,29)(H,30,31)/b22-14-. The van der Waals surface area contributed by atoms with Gasteiger partial charge in [0.2, 0.25) is 0 Å². The zero-order chi connectivity index (χ0) is 22.5. The van der Waals surface area contributed by atoms with Crippen LogP contribution in [0.15, 0.2) is 83.2 Å². The monoisotopic (exact) mass is 429 g/mol. The van der Waals surface area contributed by atoms with Gasteiger partial charge in [-0.1, -0.05) is 42.0 Å². The van der Waals surface area contributed by atoms with Crippen LogP contribution in [0.3, 0.4) is 0 Å². The van der Waals surface area contributed by atoms with Crippen molar-refractivity contribution in [3.05, 3.63) is 107 Å². The molecule has 2 heterocycles. The first-order valence-corrected chi connectivity index (χ1v) is 9.91. The summed E-state index contributed by atoms with van der Waals surface area (Å²) in [6.45, 7) is 1.87. The van der Waals surface area contributed by atoms with Crippen LogP contribution < -0.4 is 5.32 Å². The number of aliphatic carboxylic acids is 1. The Morgan fingerprint density at radius 2 is 1.97 bits per heavy atom. The van der Waals surface area contributed by atoms with Gasteiger partial charge in [-0.15, -0.1) is 0 Å². The van der Waals surface area contributed by atoms with Crippen LogP contribution in [0.2, 0.25) is 0 Å². The summed E-state index contributed by atoms with van der Waals surface area (Å²) in [5.41, 5.74) is 2.92. The Balaban J connectivity index is 1.77. The van der Waals surface area contributed by atoms with Crippen LogP contribution in [0.4, 0.5) is 10.2 Å². The van der Waals surface area contributed by atoms with Gasteiger partial charge >= 0.3 is 5.97 Å². The molecule has 160 valence electrons. The van der Waals surface area contributed by atoms with Crippen LogP contribution in [0.5, 0.6) is 0 Å². The molecule has 0 fully saturated rings. The number of carboxylic acids is 1. The quantitative estimate of drug-likeness (QED) is 0.387. The highest BCUT2D eigenvalue weighted by molar-refractivity contribution is 5.95. The Hall–Kier alpha value is -4.26. The van der Waals surface area contributed by atoms with Crippen molar-refractivity contribution in [2.24, 2.45) is 0 Å². The van der Waals surface area contributed by atoms with Crippen molar-refractivity contribution in [3.63, 3.8) is 0 Å². The lowest BCUT2D eigenvalue weighted by Crippen LogP contribution is -2.14. The smallest absolute Gasteiger partial charge is 0.352 e. The van der Waals surface area contributed by atoms with E-state index in [-0.39, 0.29) is 11.5 Å². The highest BCUT2D eigenvalue weighted by atomic mass is 19.1. The molecule has 32 heavy (non-hydrogen) atoms. The molecule has 2 N–H and O–H groups in total. The summed E-state index contributed by atoms with van der Waals surface area (Å²) in [4.78, 5) is 20.8. The molecular formula is C25H20FN3O3. The minimum atomic E-state index is -1.18. The molecule has 0 radical (unpaired) electrons. The lowest BCUT2D eigenvalue weighted by Gasteiger charge is -2.13. The van der Waals surface area contributed by atoms with E-state index in [0.29, 0.717) is 29.1 Å². The molecule has 4 rings (SSSR count). The van der Waals surface area contributed by atoms with Crippen LogP contribution in [0.1, 0.15) is 22.6 Å². The number of hydrogen-bond acceptors (Lipinski definition) is 5. The lowest BCUT2D eigenvalue weighted by atomic mass is 10.1. The molecule has 6 nitrogen and oxygen atoms in total. The van der Waals surface area contributed by atoms with Crippen LogP contribution in [-0.2, 0) is 11.2 Å². The van der Waals surface area contributed by atoms with Gasteiger partial charge in [-0.3, -0.25) is 0 Å². The van der Waals surface area contributed by atoms with E-state index >= 15 is 0 Å². The first-order chi connectivity index (χ1) is 15.5. The average molecular weight is 429 g/mol. The number of aryl methyl sites for hydroxylation is 1. The molecule has 0 bridgehead atoms. The average Bonchev–Trinajstić information content (AvgIpc) is 3.30. The van der Waals surface area contributed by atoms with E-state index in [1.165, 1.54) is 24.6 Å². The number of nitrogens with zero attached hydrogens (tertiary/aromatic N) is 2. The van der Waals surface area contributed by atoms with Crippen LogP contribution >= 0.6 is 0 Å². The van der Waals surface area contributed by atoms with Gasteiger partial charge in [0.05, 0.1) is 23.8 Å². The largest absolute Gasteiger partial charge is 0.477 e. The molecule has 0 amide bonds. The molecule has 0 aliphatic carbocycles. The molecule has 0 aliphatic heterocycles. The van der Waals surface area contributed by atoms with E-state index in [0.717, 1.165) is 11.1 Å². The second-order valence-corrected chi connectivity index (χ2v) is 7.20. The maximum Gasteiger partial charge on any atom is 0.352 e. The van der Waals surface area contributed by atoms with E-state index in [1.54, 1.807) is 24.3 Å². The van der Waals surface area contributed by atoms with E-state index in [4.69, 9.17) is 4.42 Å². The van der Waals surface area contributed by atoms with Crippen molar-refractivity contribution in [1.29, 1.82) is 0 Å². The number of rotatable bonds is 7. The zero-order valence-electron chi connectivity index (χ0n) is 17.2. The molecule has 2 aromatic carbocycles. The molecule has 0 aliphatic rings. The summed E-state index contributed by atoms with van der Waals surface area (Å²) < 4.78 is 19.7. The Morgan fingerprint density at radius 3 is 2.69 bits per heavy atom. The Morgan fingerprint density at radius 1 is 1.16 bits per heavy atom. The van der Waals surface area contributed by atoms with E-state index < -0.39 is 11.8 Å². The van der Waals surface area contributed by atoms with E-state index in [2.05, 4.69) is 15.3 Å². The van der Waals surface area contributed by atoms with Crippen LogP contribution in [0, 0.1) is 12.7 Å². The number of anilines is 1. The Labute approximate surface area is 184 Å². The van der Waals surface area contributed by atoms with Gasteiger partial charge in [0.25, 0.3) is 0 Å². The maximum absolute atomic E-state index is 14.5. The topological polar surface area (TPSA) is 88.2 Å². The maximum atomic E-state index is 14.5. The van der Waals surface area contributed by atoms with Gasteiger partial charge < -0.3 is 14.8 Å². The fraction of sp³-hybridized carbons (Fsp3) is 0.0800. The minimum Gasteiger partial charge on any atom is -0.477 e. The van der Waals surface area contributed by atoms with Gasteiger partial charge in [-0.2, -0.15) is 0 Å². The predicted molar refractivity (Wildman–Crippen MR) is 119 cm³/mol. The number of carboxylic acid groups (broad SMARTS) is 1. The summed E-state index contributed by atoms with van der Waals surface area (Å²) in [7, 11) is 0. The van der Waals surface area contributed by atoms with Crippen LogP contribution in [0.25, 0.3) is 17.3 Å². The van der Waals surface area contributed by atoms with Crippen molar-refractivity contribution >= 4 is 17.9 Å². The fourth-order valence-electron chi connectivity index (χ4n) is 3.20. The molecule has 0 unspecified atom stereocenters. The SMILES string of the molecule is Cc1ccc(F)c(-c2cnc(N/C(=C\c3ccco3)C(=O)O)c(Cc3ccccc3)n2)c1.